The van der Waals surface area contributed by atoms with Gasteiger partial charge in [-0.05, 0) is 49.5 Å². The predicted octanol–water partition coefficient (Wildman–Crippen LogP) is -1.37. The van der Waals surface area contributed by atoms with Crippen molar-refractivity contribution in [1.29, 1.82) is 0 Å². The molecular formula is C23H35BO10. The lowest BCUT2D eigenvalue weighted by atomic mass is 9.40. The van der Waals surface area contributed by atoms with E-state index in [0.29, 0.717) is 19.3 Å². The van der Waals surface area contributed by atoms with E-state index in [4.69, 9.17) is 9.39 Å². The molecule has 0 spiro atoms. The average molecular weight is 482 g/mol. The van der Waals surface area contributed by atoms with Gasteiger partial charge in [0.25, 0.3) is 0 Å². The van der Waals surface area contributed by atoms with Gasteiger partial charge in [0.05, 0.1) is 41.5 Å². The van der Waals surface area contributed by atoms with Crippen LogP contribution in [0.5, 0.6) is 0 Å². The number of hydrogen-bond donors (Lipinski definition) is 7. The smallest absolute Gasteiger partial charge is 0.458 e. The Labute approximate surface area is 198 Å². The van der Waals surface area contributed by atoms with Crippen molar-refractivity contribution in [2.75, 3.05) is 13.2 Å². The van der Waals surface area contributed by atoms with Crippen molar-refractivity contribution in [3.8, 4) is 0 Å². The first-order chi connectivity index (χ1) is 15.9. The van der Waals surface area contributed by atoms with Gasteiger partial charge in [-0.2, -0.15) is 0 Å². The Morgan fingerprint density at radius 1 is 1.18 bits per heavy atom. The van der Waals surface area contributed by atoms with Crippen molar-refractivity contribution >= 4 is 13.3 Å². The van der Waals surface area contributed by atoms with Crippen LogP contribution in [-0.2, 0) is 14.2 Å². The molecule has 1 heterocycles. The molecule has 0 aromatic heterocycles. The van der Waals surface area contributed by atoms with Gasteiger partial charge in [0.2, 0.25) is 0 Å². The molecular weight excluding hydrogens is 447 g/mol. The first-order valence-corrected chi connectivity index (χ1v) is 12.2. The highest BCUT2D eigenvalue weighted by Gasteiger charge is 2.76. The van der Waals surface area contributed by atoms with E-state index in [1.807, 2.05) is 6.92 Å². The molecule has 0 saturated heterocycles. The summed E-state index contributed by atoms with van der Waals surface area (Å²) in [6, 6.07) is 0. The summed E-state index contributed by atoms with van der Waals surface area (Å²) in [5.41, 5.74) is -4.28. The molecule has 190 valence electrons. The van der Waals surface area contributed by atoms with Gasteiger partial charge >= 0.3 is 13.3 Å². The van der Waals surface area contributed by atoms with Gasteiger partial charge in [-0.25, -0.2) is 4.79 Å². The van der Waals surface area contributed by atoms with E-state index in [-0.39, 0.29) is 38.2 Å². The summed E-state index contributed by atoms with van der Waals surface area (Å²) in [5, 5.41) is 75.4. The second kappa shape index (κ2) is 7.98. The molecule has 0 amide bonds. The van der Waals surface area contributed by atoms with Crippen LogP contribution in [0.1, 0.15) is 51.9 Å². The van der Waals surface area contributed by atoms with E-state index in [9.17, 15) is 40.4 Å². The van der Waals surface area contributed by atoms with Crippen molar-refractivity contribution in [3.05, 3.63) is 11.6 Å². The number of ether oxygens (including phenoxy) is 1. The molecule has 5 rings (SSSR count). The van der Waals surface area contributed by atoms with Crippen LogP contribution in [0, 0.1) is 28.6 Å². The Kier molecular flexibility index (Phi) is 5.78. The molecule has 4 aliphatic carbocycles. The molecule has 0 unspecified atom stereocenters. The van der Waals surface area contributed by atoms with Crippen LogP contribution in [0.4, 0.5) is 0 Å². The van der Waals surface area contributed by atoms with Crippen molar-refractivity contribution < 1.29 is 49.8 Å². The molecule has 0 aromatic carbocycles. The van der Waals surface area contributed by atoms with E-state index in [1.54, 1.807) is 0 Å². The number of rotatable bonds is 4. The van der Waals surface area contributed by atoms with Gasteiger partial charge in [-0.3, -0.25) is 0 Å². The number of fused-ring (bicyclic) bond motifs is 5. The summed E-state index contributed by atoms with van der Waals surface area (Å²) in [6.07, 6.45) is -0.259. The minimum atomic E-state index is -2.09. The first-order valence-electron chi connectivity index (χ1n) is 12.2. The zero-order valence-electron chi connectivity index (χ0n) is 19.3. The fourth-order valence-electron chi connectivity index (χ4n) is 9.13. The molecule has 10 atom stereocenters. The SMILES string of the molecule is C[C@]12C[C@@H](O)[C@H]3[C@@H](CC[C@]4(O)C[C@@H](O)C[C@@H](O)[C@]34CO)[C@@]1(OB(O)O)CC[C@@H]2C1=CC(=O)OC1. The van der Waals surface area contributed by atoms with Gasteiger partial charge in [0, 0.05) is 30.3 Å². The van der Waals surface area contributed by atoms with Crippen molar-refractivity contribution in [1.82, 2.24) is 0 Å². The molecule has 11 heteroatoms. The number of carbonyl (C=O) groups is 1. The highest BCUT2D eigenvalue weighted by Crippen LogP contribution is 2.71. The molecule has 1 aliphatic heterocycles. The topological polar surface area (TPSA) is 177 Å². The molecule has 0 aromatic rings. The second-order valence-electron chi connectivity index (χ2n) is 11.5. The summed E-state index contributed by atoms with van der Waals surface area (Å²) in [6.45, 7) is 1.46. The molecule has 4 fully saturated rings. The standard InChI is InChI=1S/C23H35BO10/c1-20-9-16(27)19-15(2-4-21(30)8-13(26)7-17(28)22(19,21)11-25)23(20,34-24(31)32)5-3-14(20)12-6-18(29)33-10-12/h6,13-17,19,25-28,30-32H,2-5,7-11H2,1H3/t13-,14+,15+,16+,17+,19+,20+,21-,22+,23-/m0/s1. The van der Waals surface area contributed by atoms with Gasteiger partial charge in [0.15, 0.2) is 0 Å². The van der Waals surface area contributed by atoms with Crippen LogP contribution in [0.25, 0.3) is 0 Å². The average Bonchev–Trinajstić information content (AvgIpc) is 3.27. The van der Waals surface area contributed by atoms with Crippen LogP contribution in [0.3, 0.4) is 0 Å². The summed E-state index contributed by atoms with van der Waals surface area (Å²) >= 11 is 0. The van der Waals surface area contributed by atoms with E-state index in [0.717, 1.165) is 5.57 Å². The van der Waals surface area contributed by atoms with E-state index in [2.05, 4.69) is 0 Å². The Hall–Kier alpha value is -1.05. The highest BCUT2D eigenvalue weighted by molar-refractivity contribution is 6.32. The summed E-state index contributed by atoms with van der Waals surface area (Å²) < 4.78 is 11.1. The fraction of sp³-hybridized carbons (Fsp3) is 0.870. The quantitative estimate of drug-likeness (QED) is 0.187. The molecule has 34 heavy (non-hydrogen) atoms. The number of carbonyl (C=O) groups excluding carboxylic acids is 1. The molecule has 0 radical (unpaired) electrons. The molecule has 4 saturated carbocycles. The van der Waals surface area contributed by atoms with Gasteiger partial charge in [0.1, 0.15) is 6.61 Å². The van der Waals surface area contributed by atoms with Crippen LogP contribution in [0.15, 0.2) is 11.6 Å². The Morgan fingerprint density at radius 2 is 1.91 bits per heavy atom. The highest BCUT2D eigenvalue weighted by atomic mass is 16.6. The van der Waals surface area contributed by atoms with E-state index >= 15 is 0 Å². The Morgan fingerprint density at radius 3 is 2.53 bits per heavy atom. The number of aliphatic hydroxyl groups excluding tert-OH is 4. The minimum absolute atomic E-state index is 0.0245. The largest absolute Gasteiger partial charge is 0.634 e. The third-order valence-electron chi connectivity index (χ3n) is 10.3. The fourth-order valence-corrected chi connectivity index (χ4v) is 9.13. The third-order valence-corrected chi connectivity index (χ3v) is 10.3. The lowest BCUT2D eigenvalue weighted by Crippen LogP contribution is -2.76. The van der Waals surface area contributed by atoms with Gasteiger partial charge < -0.3 is 45.0 Å². The third kappa shape index (κ3) is 3.02. The predicted molar refractivity (Wildman–Crippen MR) is 116 cm³/mol. The maximum absolute atomic E-state index is 11.8. The molecule has 5 aliphatic rings. The van der Waals surface area contributed by atoms with Crippen molar-refractivity contribution in [2.45, 2.75) is 81.4 Å². The summed E-state index contributed by atoms with van der Waals surface area (Å²) in [7, 11) is -2.09. The monoisotopic (exact) mass is 482 g/mol. The van der Waals surface area contributed by atoms with Crippen molar-refractivity contribution in [2.24, 2.45) is 28.6 Å². The van der Waals surface area contributed by atoms with Crippen LogP contribution in [-0.4, -0.2) is 91.6 Å². The van der Waals surface area contributed by atoms with Gasteiger partial charge in [-0.1, -0.05) is 6.92 Å². The molecule has 7 N–H and O–H groups in total. The minimum Gasteiger partial charge on any atom is -0.458 e. The van der Waals surface area contributed by atoms with Crippen LogP contribution < -0.4 is 0 Å². The van der Waals surface area contributed by atoms with Crippen LogP contribution in [0.2, 0.25) is 0 Å². The zero-order chi connectivity index (χ0) is 24.7. The second-order valence-corrected chi connectivity index (χ2v) is 11.5. The lowest BCUT2D eigenvalue weighted by Gasteiger charge is -2.69. The van der Waals surface area contributed by atoms with Crippen molar-refractivity contribution in [3.63, 3.8) is 0 Å². The molecule has 10 nitrogen and oxygen atoms in total. The number of esters is 1. The Bertz CT molecular complexity index is 882. The first kappa shape index (κ1) is 24.6. The maximum Gasteiger partial charge on any atom is 0.634 e. The normalized spacial score (nSPS) is 52.4. The van der Waals surface area contributed by atoms with E-state index in [1.165, 1.54) is 6.08 Å². The van der Waals surface area contributed by atoms with E-state index < -0.39 is 72.1 Å². The maximum atomic E-state index is 11.8. The van der Waals surface area contributed by atoms with Gasteiger partial charge in [-0.15, -0.1) is 0 Å². The zero-order valence-corrected chi connectivity index (χ0v) is 19.3. The molecule has 0 bridgehead atoms. The van der Waals surface area contributed by atoms with Crippen LogP contribution >= 0.6 is 0 Å². The number of cyclic esters (lactones) is 1. The summed E-state index contributed by atoms with van der Waals surface area (Å²) in [4.78, 5) is 11.8. The number of hydrogen-bond acceptors (Lipinski definition) is 10. The summed E-state index contributed by atoms with van der Waals surface area (Å²) in [5.74, 6) is -1.97. The Balaban J connectivity index is 1.63. The lowest BCUT2D eigenvalue weighted by molar-refractivity contribution is -0.315. The number of aliphatic hydroxyl groups is 5.